The van der Waals surface area contributed by atoms with Crippen molar-refractivity contribution in [1.82, 2.24) is 15.5 Å². The standard InChI is InChI=1S/C24H25N3O6/c1-14(23(31)27-11-10-25-22(30)20(27)12-21(28)29)26-24(32)33-13-19-17-8-4-2-6-15(17)16-7-3-5-9-18(16)19/h2-9,14,19-20H,10-13H2,1H3,(H,25,30)(H,26,32)(H,28,29)/t14-,20?/m1/s1. The van der Waals surface area contributed by atoms with E-state index in [1.807, 2.05) is 48.5 Å². The lowest BCUT2D eigenvalue weighted by atomic mass is 9.98. The second-order valence-corrected chi connectivity index (χ2v) is 8.13. The van der Waals surface area contributed by atoms with Gasteiger partial charge in [-0.3, -0.25) is 14.4 Å². The van der Waals surface area contributed by atoms with Gasteiger partial charge in [0.15, 0.2) is 0 Å². The van der Waals surface area contributed by atoms with Crippen molar-refractivity contribution in [3.05, 3.63) is 59.7 Å². The highest BCUT2D eigenvalue weighted by molar-refractivity contribution is 5.94. The Hall–Kier alpha value is -3.88. The number of carbonyl (C=O) groups excluding carboxylic acids is 3. The van der Waals surface area contributed by atoms with Crippen molar-refractivity contribution in [2.75, 3.05) is 19.7 Å². The molecule has 3 amide bonds. The molecule has 1 heterocycles. The van der Waals surface area contributed by atoms with Crippen LogP contribution >= 0.6 is 0 Å². The number of carbonyl (C=O) groups is 4. The summed E-state index contributed by atoms with van der Waals surface area (Å²) in [7, 11) is 0. The summed E-state index contributed by atoms with van der Waals surface area (Å²) in [5, 5.41) is 14.1. The van der Waals surface area contributed by atoms with Crippen molar-refractivity contribution in [2.45, 2.75) is 31.3 Å². The van der Waals surface area contributed by atoms with Crippen LogP contribution in [0.15, 0.2) is 48.5 Å². The topological polar surface area (TPSA) is 125 Å². The van der Waals surface area contributed by atoms with E-state index in [-0.39, 0.29) is 25.6 Å². The number of nitrogens with one attached hydrogen (secondary N) is 2. The molecule has 2 atom stereocenters. The number of ether oxygens (including phenoxy) is 1. The second-order valence-electron chi connectivity index (χ2n) is 8.13. The Morgan fingerprint density at radius 2 is 1.73 bits per heavy atom. The fraction of sp³-hybridized carbons (Fsp3) is 0.333. The lowest BCUT2D eigenvalue weighted by Crippen LogP contribution is -2.61. The molecule has 2 aliphatic rings. The molecule has 0 radical (unpaired) electrons. The van der Waals surface area contributed by atoms with Crippen LogP contribution in [0, 0.1) is 0 Å². The summed E-state index contributed by atoms with van der Waals surface area (Å²) in [5.74, 6) is -2.36. The average Bonchev–Trinajstić information content (AvgIpc) is 3.12. The highest BCUT2D eigenvalue weighted by atomic mass is 16.5. The minimum Gasteiger partial charge on any atom is -0.481 e. The first kappa shape index (κ1) is 22.3. The SMILES string of the molecule is C[C@@H](NC(=O)OCC1c2ccccc2-c2ccccc21)C(=O)N1CCNC(=O)C1CC(=O)O. The Balaban J connectivity index is 1.38. The summed E-state index contributed by atoms with van der Waals surface area (Å²) in [4.78, 5) is 49.7. The molecule has 0 bridgehead atoms. The molecule has 1 fully saturated rings. The van der Waals surface area contributed by atoms with Gasteiger partial charge in [-0.15, -0.1) is 0 Å². The number of alkyl carbamates (subject to hydrolysis) is 1. The van der Waals surface area contributed by atoms with E-state index in [1.165, 1.54) is 11.8 Å². The summed E-state index contributed by atoms with van der Waals surface area (Å²) >= 11 is 0. The Bertz CT molecular complexity index is 1060. The third kappa shape index (κ3) is 4.52. The predicted molar refractivity (Wildman–Crippen MR) is 118 cm³/mol. The third-order valence-electron chi connectivity index (χ3n) is 6.03. The van der Waals surface area contributed by atoms with Gasteiger partial charge in [0.1, 0.15) is 18.7 Å². The van der Waals surface area contributed by atoms with Crippen LogP contribution in [0.1, 0.15) is 30.4 Å². The Morgan fingerprint density at radius 3 is 2.33 bits per heavy atom. The molecular weight excluding hydrogens is 426 g/mol. The number of hydrogen-bond donors (Lipinski definition) is 3. The quantitative estimate of drug-likeness (QED) is 0.614. The lowest BCUT2D eigenvalue weighted by molar-refractivity contribution is -0.149. The van der Waals surface area contributed by atoms with Crippen molar-refractivity contribution >= 4 is 23.9 Å². The molecular formula is C24H25N3O6. The van der Waals surface area contributed by atoms with Crippen LogP contribution in [0.4, 0.5) is 4.79 Å². The van der Waals surface area contributed by atoms with Crippen LogP contribution < -0.4 is 10.6 Å². The molecule has 1 aliphatic carbocycles. The van der Waals surface area contributed by atoms with Gasteiger partial charge in [0.05, 0.1) is 6.42 Å². The molecule has 2 aromatic carbocycles. The number of hydrogen-bond acceptors (Lipinski definition) is 5. The Labute approximate surface area is 190 Å². The first-order chi connectivity index (χ1) is 15.9. The number of carboxylic acid groups (broad SMARTS) is 1. The fourth-order valence-electron chi connectivity index (χ4n) is 4.47. The molecule has 1 saturated heterocycles. The molecule has 2 aromatic rings. The molecule has 1 unspecified atom stereocenters. The van der Waals surface area contributed by atoms with Crippen molar-refractivity contribution in [1.29, 1.82) is 0 Å². The Morgan fingerprint density at radius 1 is 1.12 bits per heavy atom. The van der Waals surface area contributed by atoms with Crippen LogP contribution in [-0.2, 0) is 19.1 Å². The molecule has 9 nitrogen and oxygen atoms in total. The third-order valence-corrected chi connectivity index (χ3v) is 6.03. The van der Waals surface area contributed by atoms with E-state index in [9.17, 15) is 19.2 Å². The van der Waals surface area contributed by atoms with E-state index in [0.717, 1.165) is 22.3 Å². The summed E-state index contributed by atoms with van der Waals surface area (Å²) in [6, 6.07) is 13.8. The fourth-order valence-corrected chi connectivity index (χ4v) is 4.47. The maximum atomic E-state index is 12.8. The summed E-state index contributed by atoms with van der Waals surface area (Å²) in [5.41, 5.74) is 4.37. The van der Waals surface area contributed by atoms with Gasteiger partial charge in [-0.2, -0.15) is 0 Å². The molecule has 0 saturated carbocycles. The monoisotopic (exact) mass is 451 g/mol. The minimum absolute atomic E-state index is 0.106. The average molecular weight is 451 g/mol. The van der Waals surface area contributed by atoms with Crippen molar-refractivity contribution < 1.29 is 29.0 Å². The van der Waals surface area contributed by atoms with Gasteiger partial charge in [0.2, 0.25) is 11.8 Å². The number of amides is 3. The number of piperazine rings is 1. The van der Waals surface area contributed by atoms with E-state index in [2.05, 4.69) is 10.6 Å². The molecule has 3 N–H and O–H groups in total. The van der Waals surface area contributed by atoms with Gasteiger partial charge in [0, 0.05) is 19.0 Å². The summed E-state index contributed by atoms with van der Waals surface area (Å²) in [6.45, 7) is 1.97. The van der Waals surface area contributed by atoms with E-state index < -0.39 is 42.4 Å². The number of fused-ring (bicyclic) bond motifs is 3. The summed E-state index contributed by atoms with van der Waals surface area (Å²) in [6.07, 6.45) is -1.26. The molecule has 9 heteroatoms. The molecule has 1 aliphatic heterocycles. The number of benzene rings is 2. The molecule has 172 valence electrons. The van der Waals surface area contributed by atoms with Crippen LogP contribution in [-0.4, -0.2) is 65.7 Å². The maximum absolute atomic E-state index is 12.8. The zero-order valence-electron chi connectivity index (χ0n) is 18.1. The molecule has 4 rings (SSSR count). The van der Waals surface area contributed by atoms with Gasteiger partial charge in [0.25, 0.3) is 0 Å². The first-order valence-electron chi connectivity index (χ1n) is 10.8. The van der Waals surface area contributed by atoms with Gasteiger partial charge < -0.3 is 25.4 Å². The van der Waals surface area contributed by atoms with Gasteiger partial charge in [-0.1, -0.05) is 48.5 Å². The lowest BCUT2D eigenvalue weighted by Gasteiger charge is -2.35. The zero-order valence-corrected chi connectivity index (χ0v) is 18.1. The number of nitrogens with zero attached hydrogens (tertiary/aromatic N) is 1. The van der Waals surface area contributed by atoms with Crippen LogP contribution in [0.2, 0.25) is 0 Å². The normalized spacial score (nSPS) is 18.0. The molecule has 0 aromatic heterocycles. The zero-order chi connectivity index (χ0) is 23.5. The van der Waals surface area contributed by atoms with Crippen molar-refractivity contribution in [2.24, 2.45) is 0 Å². The maximum Gasteiger partial charge on any atom is 0.407 e. The van der Waals surface area contributed by atoms with Crippen molar-refractivity contribution in [3.63, 3.8) is 0 Å². The van der Waals surface area contributed by atoms with E-state index in [4.69, 9.17) is 9.84 Å². The van der Waals surface area contributed by atoms with Gasteiger partial charge in [-0.05, 0) is 29.2 Å². The second kappa shape index (κ2) is 9.32. The molecule has 33 heavy (non-hydrogen) atoms. The number of aliphatic carboxylic acids is 1. The van der Waals surface area contributed by atoms with E-state index >= 15 is 0 Å². The number of rotatable bonds is 6. The largest absolute Gasteiger partial charge is 0.481 e. The van der Waals surface area contributed by atoms with E-state index in [0.29, 0.717) is 0 Å². The Kier molecular flexibility index (Phi) is 6.30. The molecule has 0 spiro atoms. The van der Waals surface area contributed by atoms with Crippen LogP contribution in [0.3, 0.4) is 0 Å². The van der Waals surface area contributed by atoms with Gasteiger partial charge >= 0.3 is 12.1 Å². The van der Waals surface area contributed by atoms with Crippen molar-refractivity contribution in [3.8, 4) is 11.1 Å². The highest BCUT2D eigenvalue weighted by Gasteiger charge is 2.37. The smallest absolute Gasteiger partial charge is 0.407 e. The van der Waals surface area contributed by atoms with Crippen LogP contribution in [0.25, 0.3) is 11.1 Å². The predicted octanol–water partition coefficient (Wildman–Crippen LogP) is 1.72. The number of carboxylic acids is 1. The first-order valence-corrected chi connectivity index (χ1v) is 10.8. The minimum atomic E-state index is -1.19. The summed E-state index contributed by atoms with van der Waals surface area (Å²) < 4.78 is 5.47. The van der Waals surface area contributed by atoms with Gasteiger partial charge in [-0.25, -0.2) is 4.79 Å². The van der Waals surface area contributed by atoms with Crippen LogP contribution in [0.5, 0.6) is 0 Å². The van der Waals surface area contributed by atoms with E-state index in [1.54, 1.807) is 0 Å². The highest BCUT2D eigenvalue weighted by Crippen LogP contribution is 2.44.